The highest BCUT2D eigenvalue weighted by Gasteiger charge is 1.85. The maximum absolute atomic E-state index is 3.85. The SMILES string of the molecule is C=CCc1cccnn1. The van der Waals surface area contributed by atoms with Crippen LogP contribution in [0.1, 0.15) is 5.69 Å². The molecule has 2 nitrogen and oxygen atoms in total. The van der Waals surface area contributed by atoms with Crippen molar-refractivity contribution in [1.29, 1.82) is 0 Å². The molecule has 1 aromatic rings. The summed E-state index contributed by atoms with van der Waals surface area (Å²) in [4.78, 5) is 0. The van der Waals surface area contributed by atoms with Gasteiger partial charge in [-0.25, -0.2) is 0 Å². The first kappa shape index (κ1) is 5.95. The van der Waals surface area contributed by atoms with Crippen molar-refractivity contribution in [2.45, 2.75) is 6.42 Å². The van der Waals surface area contributed by atoms with Gasteiger partial charge in [0.05, 0.1) is 5.69 Å². The lowest BCUT2D eigenvalue weighted by Crippen LogP contribution is -1.87. The molecular weight excluding hydrogens is 112 g/mol. The van der Waals surface area contributed by atoms with E-state index >= 15 is 0 Å². The maximum atomic E-state index is 3.85. The van der Waals surface area contributed by atoms with Crippen molar-refractivity contribution in [1.82, 2.24) is 10.2 Å². The van der Waals surface area contributed by atoms with E-state index in [2.05, 4.69) is 16.8 Å². The summed E-state index contributed by atoms with van der Waals surface area (Å²) in [6.45, 7) is 3.59. The van der Waals surface area contributed by atoms with Crippen molar-refractivity contribution in [3.05, 3.63) is 36.7 Å². The molecule has 0 aromatic carbocycles. The molecule has 0 aliphatic rings. The highest BCUT2D eigenvalue weighted by Crippen LogP contribution is 1.91. The van der Waals surface area contributed by atoms with E-state index in [1.807, 2.05) is 18.2 Å². The van der Waals surface area contributed by atoms with Gasteiger partial charge in [-0.3, -0.25) is 0 Å². The zero-order chi connectivity index (χ0) is 6.53. The highest BCUT2D eigenvalue weighted by atomic mass is 15.1. The largest absolute Gasteiger partial charge is 0.159 e. The molecule has 0 N–H and O–H groups in total. The number of rotatable bonds is 2. The molecule has 0 atom stereocenters. The van der Waals surface area contributed by atoms with Crippen molar-refractivity contribution >= 4 is 0 Å². The first-order chi connectivity index (χ1) is 4.43. The molecule has 0 bridgehead atoms. The van der Waals surface area contributed by atoms with Crippen LogP contribution >= 0.6 is 0 Å². The molecule has 2 heteroatoms. The molecule has 9 heavy (non-hydrogen) atoms. The third-order valence-electron chi connectivity index (χ3n) is 0.981. The fourth-order valence-corrected chi connectivity index (χ4v) is 0.590. The van der Waals surface area contributed by atoms with Gasteiger partial charge in [0.2, 0.25) is 0 Å². The van der Waals surface area contributed by atoms with E-state index in [4.69, 9.17) is 0 Å². The monoisotopic (exact) mass is 120 g/mol. The predicted octanol–water partition coefficient (Wildman–Crippen LogP) is 1.21. The fraction of sp³-hybridized carbons (Fsp3) is 0.143. The van der Waals surface area contributed by atoms with Gasteiger partial charge in [0, 0.05) is 12.6 Å². The lowest BCUT2D eigenvalue weighted by atomic mass is 10.3. The van der Waals surface area contributed by atoms with E-state index in [-0.39, 0.29) is 0 Å². The van der Waals surface area contributed by atoms with Crippen molar-refractivity contribution in [2.75, 3.05) is 0 Å². The summed E-state index contributed by atoms with van der Waals surface area (Å²) in [5.41, 5.74) is 0.965. The molecular formula is C7H8N2. The van der Waals surface area contributed by atoms with Crippen LogP contribution < -0.4 is 0 Å². The molecule has 0 saturated carbocycles. The van der Waals surface area contributed by atoms with E-state index < -0.39 is 0 Å². The van der Waals surface area contributed by atoms with Crippen LogP contribution in [0.25, 0.3) is 0 Å². The number of nitrogens with zero attached hydrogens (tertiary/aromatic N) is 2. The van der Waals surface area contributed by atoms with E-state index in [0.717, 1.165) is 12.1 Å². The van der Waals surface area contributed by atoms with Crippen LogP contribution in [-0.4, -0.2) is 10.2 Å². The Labute approximate surface area is 54.2 Å². The molecule has 46 valence electrons. The van der Waals surface area contributed by atoms with Crippen LogP contribution in [0.4, 0.5) is 0 Å². The number of allylic oxidation sites excluding steroid dienone is 1. The zero-order valence-corrected chi connectivity index (χ0v) is 5.12. The standard InChI is InChI=1S/C7H8N2/c1-2-4-7-5-3-6-8-9-7/h2-3,5-6H,1,4H2. The van der Waals surface area contributed by atoms with Gasteiger partial charge >= 0.3 is 0 Å². The Balaban J connectivity index is 2.72. The van der Waals surface area contributed by atoms with Gasteiger partial charge in [-0.15, -0.1) is 6.58 Å². The smallest absolute Gasteiger partial charge is 0.0668 e. The fourth-order valence-electron chi connectivity index (χ4n) is 0.590. The van der Waals surface area contributed by atoms with Gasteiger partial charge < -0.3 is 0 Å². The summed E-state index contributed by atoms with van der Waals surface area (Å²) in [5, 5.41) is 7.55. The molecule has 0 unspecified atom stereocenters. The maximum Gasteiger partial charge on any atom is 0.0668 e. The molecule has 0 aliphatic heterocycles. The molecule has 0 spiro atoms. The van der Waals surface area contributed by atoms with Gasteiger partial charge in [-0.05, 0) is 12.1 Å². The van der Waals surface area contributed by atoms with Crippen LogP contribution in [0, 0.1) is 0 Å². The van der Waals surface area contributed by atoms with E-state index in [1.165, 1.54) is 0 Å². The summed E-state index contributed by atoms with van der Waals surface area (Å²) >= 11 is 0. The number of hydrogen-bond acceptors (Lipinski definition) is 2. The van der Waals surface area contributed by atoms with Crippen molar-refractivity contribution in [3.8, 4) is 0 Å². The zero-order valence-electron chi connectivity index (χ0n) is 5.12. The topological polar surface area (TPSA) is 25.8 Å². The number of hydrogen-bond donors (Lipinski definition) is 0. The van der Waals surface area contributed by atoms with Gasteiger partial charge in [0.1, 0.15) is 0 Å². The lowest BCUT2D eigenvalue weighted by molar-refractivity contribution is 0.949. The molecule has 0 fully saturated rings. The second kappa shape index (κ2) is 2.97. The average Bonchev–Trinajstić information content (AvgIpc) is 1.91. The van der Waals surface area contributed by atoms with Gasteiger partial charge in [0.15, 0.2) is 0 Å². The van der Waals surface area contributed by atoms with Crippen molar-refractivity contribution in [2.24, 2.45) is 0 Å². The van der Waals surface area contributed by atoms with Crippen molar-refractivity contribution < 1.29 is 0 Å². The Morgan fingerprint density at radius 3 is 3.11 bits per heavy atom. The highest BCUT2D eigenvalue weighted by molar-refractivity contribution is 5.02. The van der Waals surface area contributed by atoms with E-state index in [9.17, 15) is 0 Å². The predicted molar refractivity (Wildman–Crippen MR) is 35.9 cm³/mol. The summed E-state index contributed by atoms with van der Waals surface area (Å²) < 4.78 is 0. The minimum Gasteiger partial charge on any atom is -0.159 e. The normalized spacial score (nSPS) is 8.89. The average molecular weight is 120 g/mol. The van der Waals surface area contributed by atoms with E-state index in [1.54, 1.807) is 6.20 Å². The summed E-state index contributed by atoms with van der Waals surface area (Å²) in [5.74, 6) is 0. The number of aromatic nitrogens is 2. The second-order valence-corrected chi connectivity index (χ2v) is 1.71. The Kier molecular flexibility index (Phi) is 1.96. The molecule has 0 saturated heterocycles. The minimum atomic E-state index is 0.799. The van der Waals surface area contributed by atoms with Gasteiger partial charge in [-0.1, -0.05) is 6.08 Å². The Bertz CT molecular complexity index is 181. The summed E-state index contributed by atoms with van der Waals surface area (Å²) in [6, 6.07) is 3.79. The third-order valence-corrected chi connectivity index (χ3v) is 0.981. The molecule has 0 radical (unpaired) electrons. The molecule has 1 aromatic heterocycles. The Morgan fingerprint density at radius 1 is 1.67 bits per heavy atom. The van der Waals surface area contributed by atoms with E-state index in [0.29, 0.717) is 0 Å². The first-order valence-corrected chi connectivity index (χ1v) is 2.81. The van der Waals surface area contributed by atoms with Crippen LogP contribution in [-0.2, 0) is 6.42 Å². The second-order valence-electron chi connectivity index (χ2n) is 1.71. The van der Waals surface area contributed by atoms with Crippen LogP contribution in [0.15, 0.2) is 31.0 Å². The Hall–Kier alpha value is -1.18. The van der Waals surface area contributed by atoms with Crippen molar-refractivity contribution in [3.63, 3.8) is 0 Å². The van der Waals surface area contributed by atoms with Crippen LogP contribution in [0.3, 0.4) is 0 Å². The first-order valence-electron chi connectivity index (χ1n) is 2.81. The van der Waals surface area contributed by atoms with Crippen LogP contribution in [0.2, 0.25) is 0 Å². The molecule has 1 heterocycles. The Morgan fingerprint density at radius 2 is 2.56 bits per heavy atom. The van der Waals surface area contributed by atoms with Gasteiger partial charge in [0.25, 0.3) is 0 Å². The summed E-state index contributed by atoms with van der Waals surface area (Å²) in [6.07, 6.45) is 4.27. The molecule has 0 amide bonds. The van der Waals surface area contributed by atoms with Gasteiger partial charge in [-0.2, -0.15) is 10.2 Å². The quantitative estimate of drug-likeness (QED) is 0.548. The minimum absolute atomic E-state index is 0.799. The summed E-state index contributed by atoms with van der Waals surface area (Å²) in [7, 11) is 0. The molecule has 0 aliphatic carbocycles. The third kappa shape index (κ3) is 1.64. The molecule has 1 rings (SSSR count). The lowest BCUT2D eigenvalue weighted by Gasteiger charge is -1.88. The van der Waals surface area contributed by atoms with Crippen LogP contribution in [0.5, 0.6) is 0 Å².